The van der Waals surface area contributed by atoms with Crippen molar-refractivity contribution in [3.63, 3.8) is 0 Å². The molecule has 5 aromatic rings. The van der Waals surface area contributed by atoms with Gasteiger partial charge < -0.3 is 35.6 Å². The molecule has 5 heterocycles. The summed E-state index contributed by atoms with van der Waals surface area (Å²) >= 11 is 5.03. The number of aryl methyl sites for hydroxylation is 3. The van der Waals surface area contributed by atoms with Crippen LogP contribution in [0.3, 0.4) is 0 Å². The molecule has 0 fully saturated rings. The minimum Gasteiger partial charge on any atom is -0.481 e. The van der Waals surface area contributed by atoms with Crippen molar-refractivity contribution in [3.8, 4) is 0 Å². The number of hydrogen-bond donors (Lipinski definition) is 6. The van der Waals surface area contributed by atoms with Crippen molar-refractivity contribution in [2.24, 2.45) is 0 Å². The van der Waals surface area contributed by atoms with Crippen LogP contribution in [0.1, 0.15) is 76.1 Å². The number of carbonyl (C=O) groups excluding carboxylic acids is 4. The predicted molar refractivity (Wildman–Crippen MR) is 238 cm³/mol. The Bertz CT molecular complexity index is 2940. The number of carboxylic acid groups (broad SMARTS) is 1. The lowest BCUT2D eigenvalue weighted by Gasteiger charge is -2.28. The zero-order valence-corrected chi connectivity index (χ0v) is 38.5. The normalized spacial score (nSPS) is 13.0. The quantitative estimate of drug-likeness (QED) is 0.0716. The molecule has 7 rings (SSSR count). The fourth-order valence-electron chi connectivity index (χ4n) is 6.84. The molecule has 0 bridgehead atoms. The van der Waals surface area contributed by atoms with Crippen molar-refractivity contribution in [2.45, 2.75) is 84.2 Å². The smallest absolute Gasteiger partial charge is 0.433 e. The van der Waals surface area contributed by atoms with Crippen LogP contribution in [0.2, 0.25) is 0 Å². The second kappa shape index (κ2) is 23.9. The first kappa shape index (κ1) is 56.9. The summed E-state index contributed by atoms with van der Waals surface area (Å²) < 4.78 is 115. The summed E-state index contributed by atoms with van der Waals surface area (Å²) in [6.07, 6.45) is -16.7. The van der Waals surface area contributed by atoms with Crippen LogP contribution in [0, 0.1) is 20.8 Å². The van der Waals surface area contributed by atoms with E-state index in [-0.39, 0.29) is 61.4 Å². The van der Waals surface area contributed by atoms with E-state index in [0.29, 0.717) is 17.8 Å². The van der Waals surface area contributed by atoms with Crippen LogP contribution in [-0.4, -0.2) is 76.9 Å². The average Bonchev–Trinajstić information content (AvgIpc) is 3.26. The van der Waals surface area contributed by atoms with Gasteiger partial charge in [-0.05, 0) is 75.4 Å². The molecule has 0 radical (unpaired) electrons. The van der Waals surface area contributed by atoms with E-state index in [1.165, 1.54) is 25.7 Å². The van der Waals surface area contributed by atoms with Crippen molar-refractivity contribution in [1.29, 1.82) is 0 Å². The van der Waals surface area contributed by atoms with Crippen molar-refractivity contribution in [3.05, 3.63) is 136 Å². The lowest BCUT2D eigenvalue weighted by Crippen LogP contribution is -2.40. The fourth-order valence-corrected chi connectivity index (χ4v) is 6.94. The molecule has 386 valence electrons. The molecule has 0 atom stereocenters. The molecule has 2 aliphatic heterocycles. The number of nitrogens with one attached hydrogen (secondary N) is 5. The van der Waals surface area contributed by atoms with E-state index in [2.05, 4.69) is 40.5 Å². The second-order valence-electron chi connectivity index (χ2n) is 15.4. The number of aliphatic carboxylic acids is 1. The SMILES string of the molecule is Cc1nc(C(F)(F)F)c(CCC(=O)Cl)c(=O)[nH]1.Cc1nc(C(F)(F)F)c(CCC(=O)N2CC(=O)Cc3ccccc32)c(=O)[nH]1.Cc1nc(C(F)(F)F)c(CCC(=O)O)c(=O)[nH]1.O=C1CNc2ccccc2N1. The van der Waals surface area contributed by atoms with Crippen LogP contribution in [0.4, 0.5) is 56.6 Å². The zero-order chi connectivity index (χ0) is 53.9. The second-order valence-corrected chi connectivity index (χ2v) is 15.9. The lowest BCUT2D eigenvalue weighted by molar-refractivity contribution is -0.143. The fraction of sp³-hybridized carbons (Fsp3) is 0.341. The van der Waals surface area contributed by atoms with E-state index in [9.17, 15) is 77.9 Å². The molecule has 18 nitrogen and oxygen atoms in total. The first-order valence-electron chi connectivity index (χ1n) is 20.9. The number of fused-ring (bicyclic) bond motifs is 2. The number of carboxylic acids is 1. The molecule has 3 aromatic heterocycles. The van der Waals surface area contributed by atoms with Gasteiger partial charge >= 0.3 is 24.5 Å². The van der Waals surface area contributed by atoms with Gasteiger partial charge in [-0.1, -0.05) is 30.3 Å². The van der Waals surface area contributed by atoms with Gasteiger partial charge in [-0.2, -0.15) is 39.5 Å². The topological polar surface area (TPSA) is 270 Å². The standard InChI is InChI=1S/C18H16F3N3O3.C9H8ClF3N2O2.C9H9F3N2O3.C8H8N2O/c1-10-22-16(18(19,20)21)13(17(27)23-10)6-7-15(26)24-9-12(25)8-11-4-2-3-5-14(11)24;1-4-14-7(9(11,12)13)5(8(17)15-4)2-3-6(10)16;1-4-13-7(9(10,11)12)5(8(17)14-4)2-3-6(15)16;11-8-5-9-6-3-1-2-4-7(6)10-8/h2-5H,6-9H2,1H3,(H,22,23,27);2-3H2,1H3,(H,14,15,17);2-3H2,1H3,(H,15,16)(H,13,14,17);1-4,9H,5H2,(H,10,11). The monoisotopic (exact) mass is 1050 g/mol. The molecule has 2 aliphatic rings. The highest BCUT2D eigenvalue weighted by Gasteiger charge is 2.39. The number of aromatic amines is 3. The van der Waals surface area contributed by atoms with Crippen molar-refractivity contribution >= 4 is 57.5 Å². The number of rotatable bonds is 9. The van der Waals surface area contributed by atoms with Gasteiger partial charge in [-0.15, -0.1) is 0 Å². The lowest BCUT2D eigenvalue weighted by atomic mass is 10.00. The summed E-state index contributed by atoms with van der Waals surface area (Å²) in [6.45, 7) is 3.95. The first-order valence-corrected chi connectivity index (χ1v) is 21.3. The number of hydrogen-bond acceptors (Lipinski definition) is 12. The molecule has 72 heavy (non-hydrogen) atoms. The largest absolute Gasteiger partial charge is 0.481 e. The van der Waals surface area contributed by atoms with Crippen LogP contribution < -0.4 is 32.2 Å². The number of carbonyl (C=O) groups is 5. The maximum Gasteiger partial charge on any atom is 0.433 e. The first-order chi connectivity index (χ1) is 33.5. The third-order valence-electron chi connectivity index (χ3n) is 9.90. The molecule has 0 unspecified atom stereocenters. The van der Waals surface area contributed by atoms with Crippen LogP contribution in [-0.2, 0) is 68.2 Å². The number of para-hydroxylation sites is 3. The van der Waals surface area contributed by atoms with Gasteiger partial charge in [-0.3, -0.25) is 38.4 Å². The number of alkyl halides is 9. The zero-order valence-electron chi connectivity index (χ0n) is 37.8. The number of aromatic nitrogens is 6. The highest BCUT2D eigenvalue weighted by Crippen LogP contribution is 2.32. The van der Waals surface area contributed by atoms with E-state index in [0.717, 1.165) is 11.4 Å². The number of Topliss-reactive ketones (excluding diaryl/α,β-unsaturated/α-hetero) is 1. The Hall–Kier alpha value is -7.71. The molecule has 0 saturated heterocycles. The van der Waals surface area contributed by atoms with E-state index in [1.807, 2.05) is 24.3 Å². The van der Waals surface area contributed by atoms with Crippen LogP contribution in [0.5, 0.6) is 0 Å². The minimum absolute atomic E-state index is 0.0173. The Morgan fingerprint density at radius 2 is 1.04 bits per heavy atom. The van der Waals surface area contributed by atoms with Gasteiger partial charge in [0.2, 0.25) is 17.1 Å². The highest BCUT2D eigenvalue weighted by atomic mass is 35.5. The van der Waals surface area contributed by atoms with Crippen LogP contribution >= 0.6 is 11.6 Å². The number of ketones is 1. The van der Waals surface area contributed by atoms with Gasteiger partial charge in [0.1, 0.15) is 17.5 Å². The van der Waals surface area contributed by atoms with E-state index >= 15 is 0 Å². The van der Waals surface area contributed by atoms with Gasteiger partial charge in [0.25, 0.3) is 16.7 Å². The summed E-state index contributed by atoms with van der Waals surface area (Å²) in [5.41, 5.74) is -5.34. The molecule has 0 aliphatic carbocycles. The number of benzene rings is 2. The molecule has 0 spiro atoms. The third kappa shape index (κ3) is 16.2. The highest BCUT2D eigenvalue weighted by molar-refractivity contribution is 6.63. The molecule has 2 aromatic carbocycles. The third-order valence-corrected chi connectivity index (χ3v) is 10.1. The number of anilines is 3. The Labute approximate surface area is 404 Å². The molecular formula is C44H41ClF9N9O9. The van der Waals surface area contributed by atoms with E-state index in [4.69, 9.17) is 16.7 Å². The summed E-state index contributed by atoms with van der Waals surface area (Å²) in [4.78, 5) is 108. The minimum atomic E-state index is -4.80. The summed E-state index contributed by atoms with van der Waals surface area (Å²) in [6, 6.07) is 14.5. The Morgan fingerprint density at radius 3 is 1.49 bits per heavy atom. The number of nitrogens with zero attached hydrogens (tertiary/aromatic N) is 4. The Balaban J connectivity index is 0.000000219. The maximum atomic E-state index is 13.2. The Kier molecular flexibility index (Phi) is 18.9. The van der Waals surface area contributed by atoms with E-state index < -0.39 is 105 Å². The Morgan fingerprint density at radius 1 is 0.625 bits per heavy atom. The van der Waals surface area contributed by atoms with Crippen LogP contribution in [0.25, 0.3) is 0 Å². The molecule has 2 amide bonds. The predicted octanol–water partition coefficient (Wildman–Crippen LogP) is 6.15. The van der Waals surface area contributed by atoms with Gasteiger partial charge in [0.15, 0.2) is 22.9 Å². The number of amides is 2. The van der Waals surface area contributed by atoms with Crippen molar-refractivity contribution < 1.29 is 68.6 Å². The van der Waals surface area contributed by atoms with Crippen molar-refractivity contribution in [2.75, 3.05) is 28.6 Å². The maximum absolute atomic E-state index is 13.2. The molecular weight excluding hydrogens is 1000 g/mol. The van der Waals surface area contributed by atoms with Crippen molar-refractivity contribution in [1.82, 2.24) is 29.9 Å². The summed E-state index contributed by atoms with van der Waals surface area (Å²) in [5, 5.41) is 13.4. The van der Waals surface area contributed by atoms with Gasteiger partial charge in [0.05, 0.1) is 24.5 Å². The van der Waals surface area contributed by atoms with Gasteiger partial charge in [-0.25, -0.2) is 15.0 Å². The summed E-state index contributed by atoms with van der Waals surface area (Å²) in [7, 11) is 0. The number of halogens is 10. The number of H-pyrrole nitrogens is 3. The van der Waals surface area contributed by atoms with Gasteiger partial charge in [0, 0.05) is 48.1 Å². The average molecular weight is 1050 g/mol. The molecule has 0 saturated carbocycles. The summed E-state index contributed by atoms with van der Waals surface area (Å²) in [5.74, 6) is -2.40. The van der Waals surface area contributed by atoms with E-state index in [1.54, 1.807) is 24.3 Å². The molecule has 6 N–H and O–H groups in total. The molecule has 28 heteroatoms. The van der Waals surface area contributed by atoms with Crippen LogP contribution in [0.15, 0.2) is 62.9 Å².